The highest BCUT2D eigenvalue weighted by molar-refractivity contribution is 7.18. The SMILES string of the molecule is CCCn1c(Nc2ccc(NC(C)=O)cc2)nc2sc3c(c2c1=O)CCCC3. The number of hydrogen-bond acceptors (Lipinski definition) is 5. The zero-order valence-electron chi connectivity index (χ0n) is 16.2. The Balaban J connectivity index is 1.74. The minimum Gasteiger partial charge on any atom is -0.326 e. The van der Waals surface area contributed by atoms with Gasteiger partial charge in [-0.1, -0.05) is 6.92 Å². The molecule has 146 valence electrons. The number of thiophene rings is 1. The highest BCUT2D eigenvalue weighted by Crippen LogP contribution is 2.34. The lowest BCUT2D eigenvalue weighted by Gasteiger charge is -2.14. The fourth-order valence-electron chi connectivity index (χ4n) is 3.73. The molecule has 6 nitrogen and oxygen atoms in total. The maximum Gasteiger partial charge on any atom is 0.263 e. The number of carbonyl (C=O) groups is 1. The van der Waals surface area contributed by atoms with Crippen molar-refractivity contribution in [3.05, 3.63) is 45.1 Å². The summed E-state index contributed by atoms with van der Waals surface area (Å²) in [4.78, 5) is 31.4. The van der Waals surface area contributed by atoms with Gasteiger partial charge in [0.25, 0.3) is 5.56 Å². The second kappa shape index (κ2) is 7.75. The van der Waals surface area contributed by atoms with Crippen molar-refractivity contribution >= 4 is 44.8 Å². The van der Waals surface area contributed by atoms with E-state index in [0.717, 1.165) is 47.3 Å². The van der Waals surface area contributed by atoms with E-state index in [1.165, 1.54) is 23.8 Å². The van der Waals surface area contributed by atoms with E-state index < -0.39 is 0 Å². The molecule has 0 unspecified atom stereocenters. The molecule has 0 saturated carbocycles. The largest absolute Gasteiger partial charge is 0.326 e. The van der Waals surface area contributed by atoms with Crippen LogP contribution in [0.1, 0.15) is 43.6 Å². The number of anilines is 3. The Kier molecular flexibility index (Phi) is 5.17. The van der Waals surface area contributed by atoms with Gasteiger partial charge in [-0.3, -0.25) is 14.2 Å². The van der Waals surface area contributed by atoms with Crippen LogP contribution in [0.15, 0.2) is 29.1 Å². The molecule has 1 aromatic carbocycles. The molecule has 3 aromatic rings. The molecule has 0 atom stereocenters. The van der Waals surface area contributed by atoms with Gasteiger partial charge in [0.2, 0.25) is 11.9 Å². The summed E-state index contributed by atoms with van der Waals surface area (Å²) in [5.41, 5.74) is 2.84. The number of nitrogens with zero attached hydrogens (tertiary/aromatic N) is 2. The molecular weight excluding hydrogens is 372 g/mol. The Morgan fingerprint density at radius 1 is 1.18 bits per heavy atom. The fourth-order valence-corrected chi connectivity index (χ4v) is 4.99. The van der Waals surface area contributed by atoms with Crippen LogP contribution in [-0.2, 0) is 24.2 Å². The lowest BCUT2D eigenvalue weighted by Crippen LogP contribution is -2.24. The number of rotatable bonds is 5. The first-order valence-electron chi connectivity index (χ1n) is 9.76. The summed E-state index contributed by atoms with van der Waals surface area (Å²) in [6.45, 7) is 4.17. The van der Waals surface area contributed by atoms with E-state index in [0.29, 0.717) is 12.5 Å². The summed E-state index contributed by atoms with van der Waals surface area (Å²) in [5.74, 6) is 0.469. The van der Waals surface area contributed by atoms with Gasteiger partial charge in [0.05, 0.1) is 5.39 Å². The van der Waals surface area contributed by atoms with Crippen molar-refractivity contribution in [3.63, 3.8) is 0 Å². The number of benzene rings is 1. The third kappa shape index (κ3) is 3.54. The Labute approximate surface area is 167 Å². The molecule has 0 bridgehead atoms. The fraction of sp³-hybridized carbons (Fsp3) is 0.381. The van der Waals surface area contributed by atoms with Gasteiger partial charge in [0, 0.05) is 29.7 Å². The summed E-state index contributed by atoms with van der Waals surface area (Å²) in [7, 11) is 0. The Bertz CT molecular complexity index is 1080. The first-order chi connectivity index (χ1) is 13.6. The monoisotopic (exact) mass is 396 g/mol. The molecule has 0 radical (unpaired) electrons. The van der Waals surface area contributed by atoms with Crippen LogP contribution in [-0.4, -0.2) is 15.5 Å². The lowest BCUT2D eigenvalue weighted by atomic mass is 9.97. The van der Waals surface area contributed by atoms with E-state index in [1.54, 1.807) is 15.9 Å². The van der Waals surface area contributed by atoms with E-state index in [1.807, 2.05) is 24.3 Å². The number of carbonyl (C=O) groups excluding carboxylic acids is 1. The molecule has 1 amide bonds. The van der Waals surface area contributed by atoms with Crippen LogP contribution in [0, 0.1) is 0 Å². The average Bonchev–Trinajstić information content (AvgIpc) is 3.04. The number of aryl methyl sites for hydroxylation is 2. The molecule has 28 heavy (non-hydrogen) atoms. The first-order valence-corrected chi connectivity index (χ1v) is 10.6. The number of amides is 1. The molecular formula is C21H24N4O2S. The van der Waals surface area contributed by atoms with Gasteiger partial charge in [-0.2, -0.15) is 0 Å². The van der Waals surface area contributed by atoms with Crippen LogP contribution in [0.4, 0.5) is 17.3 Å². The molecule has 2 aromatic heterocycles. The van der Waals surface area contributed by atoms with E-state index in [2.05, 4.69) is 17.6 Å². The van der Waals surface area contributed by atoms with Gasteiger partial charge in [-0.15, -0.1) is 11.3 Å². The van der Waals surface area contributed by atoms with Crippen LogP contribution < -0.4 is 16.2 Å². The van der Waals surface area contributed by atoms with Crippen molar-refractivity contribution < 1.29 is 4.79 Å². The van der Waals surface area contributed by atoms with E-state index >= 15 is 0 Å². The van der Waals surface area contributed by atoms with Gasteiger partial charge in [-0.25, -0.2) is 4.98 Å². The standard InChI is InChI=1S/C21H24N4O2S/c1-3-12-25-20(27)18-16-6-4-5-7-17(16)28-19(18)24-21(25)23-15-10-8-14(9-11-15)22-13(2)26/h8-11H,3-7,12H2,1-2H3,(H,22,26)(H,23,24). The maximum atomic E-state index is 13.3. The molecule has 2 N–H and O–H groups in total. The lowest BCUT2D eigenvalue weighted by molar-refractivity contribution is -0.114. The Morgan fingerprint density at radius 3 is 2.61 bits per heavy atom. The highest BCUT2D eigenvalue weighted by atomic mass is 32.1. The van der Waals surface area contributed by atoms with Crippen molar-refractivity contribution in [1.82, 2.24) is 9.55 Å². The van der Waals surface area contributed by atoms with Crippen molar-refractivity contribution in [3.8, 4) is 0 Å². The number of nitrogens with one attached hydrogen (secondary N) is 2. The third-order valence-electron chi connectivity index (χ3n) is 4.98. The average molecular weight is 397 g/mol. The van der Waals surface area contributed by atoms with Crippen LogP contribution in [0.25, 0.3) is 10.2 Å². The molecule has 0 spiro atoms. The highest BCUT2D eigenvalue weighted by Gasteiger charge is 2.22. The zero-order valence-corrected chi connectivity index (χ0v) is 17.0. The van der Waals surface area contributed by atoms with Crippen molar-refractivity contribution in [2.75, 3.05) is 10.6 Å². The van der Waals surface area contributed by atoms with Crippen molar-refractivity contribution in [2.45, 2.75) is 52.5 Å². The van der Waals surface area contributed by atoms with Gasteiger partial charge in [-0.05, 0) is 61.9 Å². The van der Waals surface area contributed by atoms with Crippen molar-refractivity contribution in [2.24, 2.45) is 0 Å². The van der Waals surface area contributed by atoms with Gasteiger partial charge < -0.3 is 10.6 Å². The summed E-state index contributed by atoms with van der Waals surface area (Å²) >= 11 is 1.66. The normalized spacial score (nSPS) is 13.4. The molecule has 1 aliphatic rings. The predicted molar refractivity (Wildman–Crippen MR) is 115 cm³/mol. The zero-order chi connectivity index (χ0) is 19.7. The molecule has 4 rings (SSSR count). The smallest absolute Gasteiger partial charge is 0.263 e. The first kappa shape index (κ1) is 18.7. The van der Waals surface area contributed by atoms with Crippen LogP contribution in [0.2, 0.25) is 0 Å². The second-order valence-electron chi connectivity index (χ2n) is 7.17. The molecule has 2 heterocycles. The molecule has 0 aliphatic heterocycles. The molecule has 0 saturated heterocycles. The van der Waals surface area contributed by atoms with E-state index in [9.17, 15) is 9.59 Å². The quantitative estimate of drug-likeness (QED) is 0.668. The summed E-state index contributed by atoms with van der Waals surface area (Å²) < 4.78 is 1.76. The number of fused-ring (bicyclic) bond motifs is 3. The van der Waals surface area contributed by atoms with Crippen LogP contribution in [0.5, 0.6) is 0 Å². The number of hydrogen-bond donors (Lipinski definition) is 2. The Hall–Kier alpha value is -2.67. The summed E-state index contributed by atoms with van der Waals surface area (Å²) in [5, 5.41) is 6.87. The van der Waals surface area contributed by atoms with Gasteiger partial charge >= 0.3 is 0 Å². The third-order valence-corrected chi connectivity index (χ3v) is 6.17. The number of aromatic nitrogens is 2. The predicted octanol–water partition coefficient (Wildman–Crippen LogP) is 4.45. The molecule has 0 fully saturated rings. The van der Waals surface area contributed by atoms with Gasteiger partial charge in [0.15, 0.2) is 0 Å². The van der Waals surface area contributed by atoms with Crippen LogP contribution >= 0.6 is 11.3 Å². The maximum absolute atomic E-state index is 13.3. The Morgan fingerprint density at radius 2 is 1.89 bits per heavy atom. The molecule has 7 heteroatoms. The summed E-state index contributed by atoms with van der Waals surface area (Å²) in [6.07, 6.45) is 5.23. The van der Waals surface area contributed by atoms with Crippen LogP contribution in [0.3, 0.4) is 0 Å². The topological polar surface area (TPSA) is 76.0 Å². The minimum atomic E-state index is -0.105. The van der Waals surface area contributed by atoms with E-state index in [4.69, 9.17) is 4.98 Å². The van der Waals surface area contributed by atoms with Gasteiger partial charge in [0.1, 0.15) is 4.83 Å². The second-order valence-corrected chi connectivity index (χ2v) is 8.25. The summed E-state index contributed by atoms with van der Waals surface area (Å²) in [6, 6.07) is 7.40. The molecule has 1 aliphatic carbocycles. The van der Waals surface area contributed by atoms with E-state index in [-0.39, 0.29) is 11.5 Å². The minimum absolute atomic E-state index is 0.0589. The van der Waals surface area contributed by atoms with Crippen molar-refractivity contribution in [1.29, 1.82) is 0 Å².